The summed E-state index contributed by atoms with van der Waals surface area (Å²) in [4.78, 5) is 13.4. The summed E-state index contributed by atoms with van der Waals surface area (Å²) in [5, 5.41) is 0. The van der Waals surface area contributed by atoms with Gasteiger partial charge in [0, 0.05) is 43.8 Å². The Labute approximate surface area is 304 Å². The molecule has 4 aliphatic rings. The molecule has 0 atom stereocenters. The lowest BCUT2D eigenvalue weighted by Crippen LogP contribution is -2.54. The molecule has 0 unspecified atom stereocenters. The van der Waals surface area contributed by atoms with E-state index in [0.717, 1.165) is 17.8 Å². The zero-order chi connectivity index (χ0) is 34.2. The van der Waals surface area contributed by atoms with Crippen molar-refractivity contribution in [3.05, 3.63) is 0 Å². The molecule has 5 heteroatoms. The molecule has 0 amide bonds. The van der Waals surface area contributed by atoms with E-state index in [-0.39, 0.29) is 14.9 Å². The number of likely N-dealkylation sites (tertiary alicyclic amines) is 3. The van der Waals surface area contributed by atoms with Crippen molar-refractivity contribution in [1.82, 2.24) is 24.5 Å². The van der Waals surface area contributed by atoms with Crippen LogP contribution >= 0.6 is 0 Å². The normalized spacial score (nSPS) is 23.2. The minimum Gasteiger partial charge on any atom is -0.303 e. The first kappa shape index (κ1) is 45.8. The van der Waals surface area contributed by atoms with Crippen LogP contribution in [0.2, 0.25) is 0 Å². The molecular weight excluding hydrogens is 587 g/mol. The average molecular weight is 678 g/mol. The van der Waals surface area contributed by atoms with E-state index in [2.05, 4.69) is 108 Å². The van der Waals surface area contributed by atoms with Crippen molar-refractivity contribution in [3.8, 4) is 0 Å². The first-order valence-electron chi connectivity index (χ1n) is 19.9. The largest absolute Gasteiger partial charge is 0.303 e. The number of rotatable bonds is 8. The monoisotopic (exact) mass is 678 g/mol. The Bertz CT molecular complexity index is 741. The highest BCUT2D eigenvalue weighted by Gasteiger charge is 2.30. The van der Waals surface area contributed by atoms with Crippen LogP contribution in [0.5, 0.6) is 0 Å². The van der Waals surface area contributed by atoms with Crippen molar-refractivity contribution >= 4 is 0 Å². The predicted octanol–water partition coefficient (Wildman–Crippen LogP) is 9.86. The first-order valence-corrected chi connectivity index (χ1v) is 19.9. The lowest BCUT2D eigenvalue weighted by atomic mass is 9.82. The van der Waals surface area contributed by atoms with Gasteiger partial charge in [-0.25, -0.2) is 0 Å². The second kappa shape index (κ2) is 20.1. The Morgan fingerprint density at radius 3 is 1.08 bits per heavy atom. The maximum Gasteiger partial charge on any atom is 0.0126 e. The fourth-order valence-electron chi connectivity index (χ4n) is 8.10. The van der Waals surface area contributed by atoms with Gasteiger partial charge in [0.2, 0.25) is 0 Å². The van der Waals surface area contributed by atoms with Crippen molar-refractivity contribution < 1.29 is 0 Å². The Morgan fingerprint density at radius 2 is 0.729 bits per heavy atom. The van der Waals surface area contributed by atoms with E-state index in [4.69, 9.17) is 0 Å². The Kier molecular flexibility index (Phi) is 19.2. The molecule has 0 aromatic carbocycles. The third-order valence-corrected chi connectivity index (χ3v) is 11.8. The van der Waals surface area contributed by atoms with Crippen molar-refractivity contribution in [1.29, 1.82) is 0 Å². The molecular formula is C43H91N5. The summed E-state index contributed by atoms with van der Waals surface area (Å²) < 4.78 is 0. The number of hydrogen-bond acceptors (Lipinski definition) is 5. The van der Waals surface area contributed by atoms with Crippen LogP contribution in [0.4, 0.5) is 0 Å². The van der Waals surface area contributed by atoms with E-state index >= 15 is 0 Å². The zero-order valence-electron chi connectivity index (χ0n) is 33.5. The van der Waals surface area contributed by atoms with E-state index in [1.807, 2.05) is 0 Å². The fraction of sp³-hybridized carbons (Fsp3) is 1.00. The molecule has 0 aliphatic carbocycles. The summed E-state index contributed by atoms with van der Waals surface area (Å²) in [5.74, 6) is 2.94. The molecule has 4 aliphatic heterocycles. The molecule has 4 saturated heterocycles. The van der Waals surface area contributed by atoms with Crippen LogP contribution < -0.4 is 0 Å². The third kappa shape index (κ3) is 17.8. The maximum absolute atomic E-state index is 2.72. The van der Waals surface area contributed by atoms with Gasteiger partial charge in [-0.3, -0.25) is 9.80 Å². The summed E-state index contributed by atoms with van der Waals surface area (Å²) in [7, 11) is 0. The molecule has 288 valence electrons. The van der Waals surface area contributed by atoms with Gasteiger partial charge in [0.1, 0.15) is 0 Å². The average Bonchev–Trinajstić information content (AvgIpc) is 2.96. The van der Waals surface area contributed by atoms with Gasteiger partial charge >= 0.3 is 0 Å². The number of hydrogen-bond donors (Lipinski definition) is 0. The summed E-state index contributed by atoms with van der Waals surface area (Å²) in [6, 6.07) is 0. The Hall–Kier alpha value is -0.200. The molecule has 0 bridgehead atoms. The lowest BCUT2D eigenvalue weighted by Gasteiger charge is -2.43. The molecule has 0 aromatic rings. The number of piperidine rings is 3. The quantitative estimate of drug-likeness (QED) is 0.254. The van der Waals surface area contributed by atoms with Crippen molar-refractivity contribution in [2.45, 2.75) is 167 Å². The standard InChI is InChI=1S/C21H42N2.C20H41N3.2CH4/c1-20(2,3)11-16-22-12-7-18(8-13-22)17-19-9-14-23(15-10-19)21(4,5)6;1-19(2,3)9-12-21-10-7-18(8-11-21)17-22-13-15-23(16-14-22)20(4,5)6;;/h18-19H,7-17H2,1-6H3;18H,7-17H2,1-6H3;2*1H4. The molecule has 0 radical (unpaired) electrons. The van der Waals surface area contributed by atoms with E-state index in [1.165, 1.54) is 143 Å². The lowest BCUT2D eigenvalue weighted by molar-refractivity contribution is 0.0473. The van der Waals surface area contributed by atoms with E-state index < -0.39 is 0 Å². The molecule has 4 rings (SSSR count). The fourth-order valence-corrected chi connectivity index (χ4v) is 8.10. The molecule has 5 nitrogen and oxygen atoms in total. The van der Waals surface area contributed by atoms with Gasteiger partial charge in [-0.05, 0) is 180 Å². The minimum atomic E-state index is 0. The summed E-state index contributed by atoms with van der Waals surface area (Å²) in [6.07, 6.45) is 12.7. The van der Waals surface area contributed by atoms with Gasteiger partial charge in [-0.15, -0.1) is 0 Å². The van der Waals surface area contributed by atoms with Gasteiger partial charge < -0.3 is 14.7 Å². The second-order valence-electron chi connectivity index (χ2n) is 20.5. The highest BCUT2D eigenvalue weighted by Crippen LogP contribution is 2.32. The molecule has 4 heterocycles. The molecule has 0 aromatic heterocycles. The third-order valence-electron chi connectivity index (χ3n) is 11.8. The molecule has 0 saturated carbocycles. The van der Waals surface area contributed by atoms with E-state index in [1.54, 1.807) is 0 Å². The summed E-state index contributed by atoms with van der Waals surface area (Å²) in [6.45, 7) is 45.2. The Morgan fingerprint density at radius 1 is 0.396 bits per heavy atom. The molecule has 48 heavy (non-hydrogen) atoms. The summed E-state index contributed by atoms with van der Waals surface area (Å²) >= 11 is 0. The van der Waals surface area contributed by atoms with Crippen LogP contribution in [0.15, 0.2) is 0 Å². The molecule has 0 spiro atoms. The van der Waals surface area contributed by atoms with Gasteiger partial charge in [0.25, 0.3) is 0 Å². The zero-order valence-corrected chi connectivity index (χ0v) is 33.5. The van der Waals surface area contributed by atoms with E-state index in [9.17, 15) is 0 Å². The molecule has 0 N–H and O–H groups in total. The van der Waals surface area contributed by atoms with Crippen LogP contribution in [0.25, 0.3) is 0 Å². The van der Waals surface area contributed by atoms with Crippen LogP contribution in [0.3, 0.4) is 0 Å². The topological polar surface area (TPSA) is 16.2 Å². The van der Waals surface area contributed by atoms with Crippen molar-refractivity contribution in [3.63, 3.8) is 0 Å². The highest BCUT2D eigenvalue weighted by molar-refractivity contribution is 4.85. The molecule has 4 fully saturated rings. The van der Waals surface area contributed by atoms with Crippen LogP contribution in [0.1, 0.15) is 156 Å². The van der Waals surface area contributed by atoms with Crippen LogP contribution in [0, 0.1) is 28.6 Å². The predicted molar refractivity (Wildman–Crippen MR) is 216 cm³/mol. The van der Waals surface area contributed by atoms with Crippen LogP contribution in [-0.4, -0.2) is 121 Å². The van der Waals surface area contributed by atoms with E-state index in [0.29, 0.717) is 21.9 Å². The van der Waals surface area contributed by atoms with Gasteiger partial charge in [0.05, 0.1) is 0 Å². The second-order valence-corrected chi connectivity index (χ2v) is 20.5. The summed E-state index contributed by atoms with van der Waals surface area (Å²) in [5.41, 5.74) is 1.66. The number of piperazine rings is 1. The SMILES string of the molecule is C.C.CC(C)(C)CCN1CCC(CC2CCN(C(C)(C)C)CC2)CC1.CC(C)(C)CCN1CCC(CN2CCN(C(C)(C)C)CC2)CC1. The Balaban J connectivity index is 0.000000461. The van der Waals surface area contributed by atoms with Crippen molar-refractivity contribution in [2.75, 3.05) is 85.1 Å². The van der Waals surface area contributed by atoms with Gasteiger partial charge in [-0.2, -0.15) is 0 Å². The first-order chi connectivity index (χ1) is 21.3. The van der Waals surface area contributed by atoms with Crippen molar-refractivity contribution in [2.24, 2.45) is 28.6 Å². The highest BCUT2D eigenvalue weighted by atomic mass is 15.3. The van der Waals surface area contributed by atoms with Crippen LogP contribution in [-0.2, 0) is 0 Å². The maximum atomic E-state index is 2.72. The van der Waals surface area contributed by atoms with Gasteiger partial charge in [0.15, 0.2) is 0 Å². The number of nitrogens with zero attached hydrogens (tertiary/aromatic N) is 5. The minimum absolute atomic E-state index is 0. The van der Waals surface area contributed by atoms with Gasteiger partial charge in [-0.1, -0.05) is 56.4 Å². The smallest absolute Gasteiger partial charge is 0.0126 e.